The quantitative estimate of drug-likeness (QED) is 0.431. The monoisotopic (exact) mass is 256 g/mol. The number of carbonyl (C=O) groups excluding carboxylic acids is 1. The van der Waals surface area contributed by atoms with Crippen molar-refractivity contribution >= 4 is 14.8 Å². The third-order valence-electron chi connectivity index (χ3n) is 3.79. The van der Waals surface area contributed by atoms with Crippen LogP contribution < -0.4 is 0 Å². The molecular formula is C13H24O3Si. The van der Waals surface area contributed by atoms with Gasteiger partial charge in [0.2, 0.25) is 0 Å². The van der Waals surface area contributed by atoms with E-state index < -0.39 is 8.80 Å². The lowest BCUT2D eigenvalue weighted by molar-refractivity contribution is -0.154. The molecule has 0 bridgehead atoms. The first kappa shape index (κ1) is 14.4. The fourth-order valence-electron chi connectivity index (χ4n) is 2.85. The molecule has 0 aliphatic carbocycles. The number of esters is 1. The van der Waals surface area contributed by atoms with Crippen LogP contribution in [0.2, 0.25) is 13.1 Å². The Labute approximate surface area is 106 Å². The van der Waals surface area contributed by atoms with E-state index in [0.29, 0.717) is 0 Å². The second kappa shape index (κ2) is 6.35. The van der Waals surface area contributed by atoms with Crippen LogP contribution in [0.4, 0.5) is 0 Å². The van der Waals surface area contributed by atoms with Crippen LogP contribution in [0.3, 0.4) is 0 Å². The van der Waals surface area contributed by atoms with Gasteiger partial charge in [0.1, 0.15) is 0 Å². The Morgan fingerprint density at radius 3 is 2.71 bits per heavy atom. The highest BCUT2D eigenvalue weighted by Gasteiger charge is 2.47. The summed E-state index contributed by atoms with van der Waals surface area (Å²) < 4.78 is 11.1. The van der Waals surface area contributed by atoms with Crippen molar-refractivity contribution in [3.63, 3.8) is 0 Å². The van der Waals surface area contributed by atoms with Crippen molar-refractivity contribution in [2.75, 3.05) is 6.61 Å². The fourth-order valence-corrected chi connectivity index (χ4v) is 5.26. The van der Waals surface area contributed by atoms with Gasteiger partial charge in [-0.3, -0.25) is 4.79 Å². The van der Waals surface area contributed by atoms with E-state index in [4.69, 9.17) is 9.47 Å². The SMILES string of the molecule is C=COC(=O)C(CC)C1([SiH](C)C)CCCCO1. The highest BCUT2D eigenvalue weighted by atomic mass is 28.3. The van der Waals surface area contributed by atoms with Crippen LogP contribution in [0.1, 0.15) is 32.6 Å². The van der Waals surface area contributed by atoms with Crippen molar-refractivity contribution in [3.8, 4) is 0 Å². The van der Waals surface area contributed by atoms with Crippen LogP contribution in [0.15, 0.2) is 12.8 Å². The molecule has 0 saturated carbocycles. The van der Waals surface area contributed by atoms with E-state index >= 15 is 0 Å². The summed E-state index contributed by atoms with van der Waals surface area (Å²) in [6.45, 7) is 10.8. The largest absolute Gasteiger partial charge is 0.435 e. The molecule has 1 rings (SSSR count). The minimum atomic E-state index is -1.10. The Balaban J connectivity index is 2.93. The molecule has 98 valence electrons. The Kier molecular flexibility index (Phi) is 5.40. The number of hydrogen-bond donors (Lipinski definition) is 0. The zero-order valence-corrected chi connectivity index (χ0v) is 12.4. The molecular weight excluding hydrogens is 232 g/mol. The van der Waals surface area contributed by atoms with Crippen molar-refractivity contribution in [1.29, 1.82) is 0 Å². The molecule has 1 aliphatic heterocycles. The molecule has 0 aromatic heterocycles. The van der Waals surface area contributed by atoms with E-state index in [1.54, 1.807) is 0 Å². The summed E-state index contributed by atoms with van der Waals surface area (Å²) in [4.78, 5) is 12.0. The van der Waals surface area contributed by atoms with E-state index in [2.05, 4.69) is 19.7 Å². The predicted octanol–water partition coefficient (Wildman–Crippen LogP) is 2.66. The lowest BCUT2D eigenvalue weighted by atomic mass is 9.92. The number of carbonyl (C=O) groups is 1. The Hall–Kier alpha value is -0.613. The molecule has 0 aromatic rings. The average Bonchev–Trinajstić information content (AvgIpc) is 2.31. The van der Waals surface area contributed by atoms with Gasteiger partial charge in [-0.2, -0.15) is 0 Å². The van der Waals surface area contributed by atoms with Gasteiger partial charge < -0.3 is 9.47 Å². The van der Waals surface area contributed by atoms with Crippen molar-refractivity contribution in [2.45, 2.75) is 50.9 Å². The predicted molar refractivity (Wildman–Crippen MR) is 71.5 cm³/mol. The maximum atomic E-state index is 12.0. The third kappa shape index (κ3) is 2.99. The molecule has 1 fully saturated rings. The lowest BCUT2D eigenvalue weighted by Gasteiger charge is -2.44. The molecule has 1 aliphatic rings. The molecule has 1 saturated heterocycles. The van der Waals surface area contributed by atoms with E-state index in [0.717, 1.165) is 32.3 Å². The summed E-state index contributed by atoms with van der Waals surface area (Å²) in [5.74, 6) is -0.307. The topological polar surface area (TPSA) is 35.5 Å². The average molecular weight is 256 g/mol. The normalized spacial score (nSPS) is 26.6. The van der Waals surface area contributed by atoms with Crippen LogP contribution in [-0.4, -0.2) is 26.6 Å². The molecule has 0 spiro atoms. The van der Waals surface area contributed by atoms with Gasteiger partial charge in [-0.15, -0.1) is 0 Å². The maximum absolute atomic E-state index is 12.0. The van der Waals surface area contributed by atoms with E-state index in [1.165, 1.54) is 6.26 Å². The Morgan fingerprint density at radius 2 is 2.29 bits per heavy atom. The first-order valence-corrected chi connectivity index (χ1v) is 9.42. The van der Waals surface area contributed by atoms with Gasteiger partial charge in [-0.1, -0.05) is 26.6 Å². The van der Waals surface area contributed by atoms with Gasteiger partial charge in [-0.25, -0.2) is 0 Å². The van der Waals surface area contributed by atoms with Crippen molar-refractivity contribution in [1.82, 2.24) is 0 Å². The first-order chi connectivity index (χ1) is 8.08. The lowest BCUT2D eigenvalue weighted by Crippen LogP contribution is -2.55. The van der Waals surface area contributed by atoms with Gasteiger partial charge in [0.05, 0.1) is 26.2 Å². The smallest absolute Gasteiger partial charge is 0.316 e. The molecule has 17 heavy (non-hydrogen) atoms. The van der Waals surface area contributed by atoms with Gasteiger partial charge in [-0.05, 0) is 25.7 Å². The van der Waals surface area contributed by atoms with Gasteiger partial charge in [0.25, 0.3) is 0 Å². The molecule has 0 amide bonds. The number of ether oxygens (including phenoxy) is 2. The van der Waals surface area contributed by atoms with E-state index in [-0.39, 0.29) is 17.1 Å². The molecule has 0 aromatic carbocycles. The molecule has 4 heteroatoms. The molecule has 3 nitrogen and oxygen atoms in total. The molecule has 2 atom stereocenters. The third-order valence-corrected chi connectivity index (χ3v) is 6.60. The summed E-state index contributed by atoms with van der Waals surface area (Å²) in [5.41, 5.74) is 0. The molecule has 0 radical (unpaired) electrons. The summed E-state index contributed by atoms with van der Waals surface area (Å²) in [7, 11) is -1.10. The maximum Gasteiger partial charge on any atom is 0.316 e. The molecule has 1 heterocycles. The minimum Gasteiger partial charge on any atom is -0.435 e. The van der Waals surface area contributed by atoms with E-state index in [1.807, 2.05) is 6.92 Å². The van der Waals surface area contributed by atoms with Crippen molar-refractivity contribution in [2.24, 2.45) is 5.92 Å². The second-order valence-electron chi connectivity index (χ2n) is 4.98. The zero-order valence-electron chi connectivity index (χ0n) is 11.2. The first-order valence-electron chi connectivity index (χ1n) is 6.53. The van der Waals surface area contributed by atoms with Crippen LogP contribution in [0.5, 0.6) is 0 Å². The number of rotatable bonds is 5. The fraction of sp³-hybridized carbons (Fsp3) is 0.769. The molecule has 2 unspecified atom stereocenters. The van der Waals surface area contributed by atoms with Crippen LogP contribution in [0.25, 0.3) is 0 Å². The highest BCUT2D eigenvalue weighted by Crippen LogP contribution is 2.37. The summed E-state index contributed by atoms with van der Waals surface area (Å²) >= 11 is 0. The Morgan fingerprint density at radius 1 is 1.59 bits per heavy atom. The Bertz CT molecular complexity index is 270. The van der Waals surface area contributed by atoms with Gasteiger partial charge in [0.15, 0.2) is 0 Å². The second-order valence-corrected chi connectivity index (χ2v) is 8.27. The highest BCUT2D eigenvalue weighted by molar-refractivity contribution is 6.59. The zero-order chi connectivity index (χ0) is 12.9. The van der Waals surface area contributed by atoms with Crippen LogP contribution in [0, 0.1) is 5.92 Å². The minimum absolute atomic E-state index is 0.132. The van der Waals surface area contributed by atoms with Crippen LogP contribution >= 0.6 is 0 Å². The van der Waals surface area contributed by atoms with E-state index in [9.17, 15) is 4.79 Å². The van der Waals surface area contributed by atoms with Crippen molar-refractivity contribution in [3.05, 3.63) is 12.8 Å². The van der Waals surface area contributed by atoms with Crippen LogP contribution in [-0.2, 0) is 14.3 Å². The summed E-state index contributed by atoms with van der Waals surface area (Å²) in [5, 5.41) is -0.215. The summed E-state index contributed by atoms with van der Waals surface area (Å²) in [6, 6.07) is 0. The van der Waals surface area contributed by atoms with Crippen molar-refractivity contribution < 1.29 is 14.3 Å². The standard InChI is InChI=1S/C13H24O3Si/c1-5-11(12(14)15-6-2)13(17(3)4)9-7-8-10-16-13/h6,11,17H,2,5,7-10H2,1,3-4H3. The number of hydrogen-bond acceptors (Lipinski definition) is 3. The van der Waals surface area contributed by atoms with Gasteiger partial charge in [0, 0.05) is 6.61 Å². The van der Waals surface area contributed by atoms with Gasteiger partial charge >= 0.3 is 5.97 Å². The summed E-state index contributed by atoms with van der Waals surface area (Å²) in [6.07, 6.45) is 5.27. The molecule has 0 N–H and O–H groups in total.